The Morgan fingerprint density at radius 2 is 1.44 bits per heavy atom. The number of nitrogens with one attached hydrogen (secondary N) is 4. The van der Waals surface area contributed by atoms with Crippen LogP contribution in [0.3, 0.4) is 0 Å². The summed E-state index contributed by atoms with van der Waals surface area (Å²) in [5.74, 6) is -0.247. The number of likely N-dealkylation sites (tertiary alicyclic amines) is 2. The van der Waals surface area contributed by atoms with E-state index in [1.807, 2.05) is 31.7 Å². The second kappa shape index (κ2) is 19.0. The van der Waals surface area contributed by atoms with Gasteiger partial charge in [0.2, 0.25) is 17.7 Å². The summed E-state index contributed by atoms with van der Waals surface area (Å²) >= 11 is 0. The van der Waals surface area contributed by atoms with Crippen molar-refractivity contribution in [2.75, 3.05) is 26.7 Å². The van der Waals surface area contributed by atoms with E-state index in [2.05, 4.69) is 94.9 Å². The maximum atomic E-state index is 15.3. The van der Waals surface area contributed by atoms with Gasteiger partial charge in [-0.05, 0) is 114 Å². The molecule has 6 fully saturated rings. The molecule has 0 aromatic rings. The SMILES string of the molecule is C=CC1C[C@]1(NC(=O)C1C[C@@]2(CN1C(=O)[C@@H](NC(=O)C(NC(C)(C)C(C)(C)N1CCCCC1)C1CCCCC1)C(C)(C)C)C(C)(C)C21CCC1)C(=C)NOC.CCCCCC. The van der Waals surface area contributed by atoms with Crippen LogP contribution in [-0.2, 0) is 19.2 Å². The van der Waals surface area contributed by atoms with Crippen LogP contribution in [0.5, 0.6) is 0 Å². The third-order valence-electron chi connectivity index (χ3n) is 17.8. The molecule has 2 heterocycles. The minimum Gasteiger partial charge on any atom is -0.343 e. The second-order valence-corrected chi connectivity index (χ2v) is 22.9. The fourth-order valence-electron chi connectivity index (χ4n) is 12.5. The molecule has 2 saturated heterocycles. The average molecular weight is 851 g/mol. The van der Waals surface area contributed by atoms with E-state index in [0.717, 1.165) is 51.6 Å². The predicted molar refractivity (Wildman–Crippen MR) is 249 cm³/mol. The van der Waals surface area contributed by atoms with Crippen LogP contribution >= 0.6 is 0 Å². The highest BCUT2D eigenvalue weighted by atomic mass is 16.6. The van der Waals surface area contributed by atoms with Gasteiger partial charge in [0, 0.05) is 29.0 Å². The molecule has 3 amide bonds. The van der Waals surface area contributed by atoms with E-state index in [1.54, 1.807) is 0 Å². The van der Waals surface area contributed by atoms with Crippen molar-refractivity contribution in [1.82, 2.24) is 31.2 Å². The smallest absolute Gasteiger partial charge is 0.246 e. The lowest BCUT2D eigenvalue weighted by Gasteiger charge is -2.53. The second-order valence-electron chi connectivity index (χ2n) is 22.9. The van der Waals surface area contributed by atoms with Gasteiger partial charge in [0.25, 0.3) is 0 Å². The zero-order valence-corrected chi connectivity index (χ0v) is 41.0. The number of nitrogens with zero attached hydrogens (tertiary/aromatic N) is 2. The van der Waals surface area contributed by atoms with Crippen LogP contribution in [0.15, 0.2) is 24.9 Å². The maximum absolute atomic E-state index is 15.3. The number of hydroxylamine groups is 1. The van der Waals surface area contributed by atoms with Gasteiger partial charge in [0.1, 0.15) is 12.1 Å². The lowest BCUT2D eigenvalue weighted by molar-refractivity contribution is -0.145. The van der Waals surface area contributed by atoms with Crippen molar-refractivity contribution in [2.24, 2.45) is 33.5 Å². The molecule has 4 saturated carbocycles. The molecule has 2 aliphatic heterocycles. The van der Waals surface area contributed by atoms with Crippen molar-refractivity contribution < 1.29 is 19.2 Å². The van der Waals surface area contributed by atoms with Crippen LogP contribution in [0, 0.1) is 33.5 Å². The number of fused-ring (bicyclic) bond motifs is 1. The first-order chi connectivity index (χ1) is 28.6. The number of carbonyl (C=O) groups is 3. The standard InChI is InChI=1S/C45H76N6O4.C6H14/c1-13-32-27-45(32,30(2)49-55-12)48-36(52)33-28-44(40(6,7)43(44)23-20-24-43)29-51(33)38(54)35(39(3,4)5)46-37(53)34(31-21-16-14-17-22-31)47-41(8,9)42(10,11)50-25-18-15-19-26-50;1-3-5-6-4-2/h13,31-35,47,49H,1-2,14-29H2,3-12H3,(H,46,53)(H,48,52);3-6H2,1-2H3/t32?,33?,34?,35-,44-,45+;/m1./s1. The molecule has 10 nitrogen and oxygen atoms in total. The molecule has 3 unspecified atom stereocenters. The van der Waals surface area contributed by atoms with Crippen LogP contribution in [0.25, 0.3) is 0 Å². The van der Waals surface area contributed by atoms with Crippen molar-refractivity contribution in [3.05, 3.63) is 24.9 Å². The monoisotopic (exact) mass is 851 g/mol. The Morgan fingerprint density at radius 1 is 0.852 bits per heavy atom. The van der Waals surface area contributed by atoms with Crippen molar-refractivity contribution >= 4 is 17.7 Å². The quantitative estimate of drug-likeness (QED) is 0.0656. The largest absolute Gasteiger partial charge is 0.343 e. The molecule has 4 aliphatic carbocycles. The van der Waals surface area contributed by atoms with Crippen LogP contribution in [-0.4, -0.2) is 89.0 Å². The van der Waals surface area contributed by atoms with Crippen LogP contribution in [0.4, 0.5) is 0 Å². The predicted octanol–water partition coefficient (Wildman–Crippen LogP) is 9.21. The number of hydrogen-bond donors (Lipinski definition) is 4. The van der Waals surface area contributed by atoms with Crippen LogP contribution in [0.1, 0.15) is 185 Å². The molecule has 6 aliphatic rings. The van der Waals surface area contributed by atoms with Gasteiger partial charge < -0.3 is 15.5 Å². The molecular weight excluding hydrogens is 761 g/mol. The van der Waals surface area contributed by atoms with Gasteiger partial charge in [-0.1, -0.05) is 119 Å². The van der Waals surface area contributed by atoms with Gasteiger partial charge in [0.05, 0.1) is 24.4 Å². The number of unbranched alkanes of at least 4 members (excludes halogenated alkanes) is 3. The number of piperidine rings is 1. The van der Waals surface area contributed by atoms with Crippen molar-refractivity contribution in [2.45, 2.75) is 220 Å². The van der Waals surface area contributed by atoms with E-state index in [1.165, 1.54) is 64.9 Å². The highest BCUT2D eigenvalue weighted by molar-refractivity contribution is 5.95. The minimum absolute atomic E-state index is 0.0106. The van der Waals surface area contributed by atoms with E-state index >= 15 is 4.79 Å². The van der Waals surface area contributed by atoms with E-state index in [4.69, 9.17) is 4.84 Å². The number of rotatable bonds is 17. The number of carbonyl (C=O) groups excluding carboxylic acids is 3. The summed E-state index contributed by atoms with van der Waals surface area (Å²) in [5.41, 5.74) is 1.55. The Kier molecular flexibility index (Phi) is 15.4. The topological polar surface area (TPSA) is 115 Å². The van der Waals surface area contributed by atoms with Gasteiger partial charge >= 0.3 is 0 Å². The molecule has 6 rings (SSSR count). The molecule has 10 heteroatoms. The summed E-state index contributed by atoms with van der Waals surface area (Å²) in [6.07, 6.45) is 21.2. The Hall–Kier alpha value is -2.43. The maximum Gasteiger partial charge on any atom is 0.246 e. The third kappa shape index (κ3) is 9.26. The first-order valence-corrected chi connectivity index (χ1v) is 24.6. The van der Waals surface area contributed by atoms with Gasteiger partial charge in [-0.3, -0.25) is 34.9 Å². The summed E-state index contributed by atoms with van der Waals surface area (Å²) in [5, 5.41) is 10.7. The molecule has 6 atom stereocenters. The van der Waals surface area contributed by atoms with E-state index in [-0.39, 0.29) is 56.9 Å². The molecule has 0 aromatic carbocycles. The fraction of sp³-hybridized carbons (Fsp3) is 0.863. The number of amides is 3. The zero-order valence-electron chi connectivity index (χ0n) is 41.0. The summed E-state index contributed by atoms with van der Waals surface area (Å²) in [7, 11) is 1.53. The van der Waals surface area contributed by atoms with Gasteiger partial charge in [-0.15, -0.1) is 6.58 Å². The van der Waals surface area contributed by atoms with E-state index in [0.29, 0.717) is 25.1 Å². The van der Waals surface area contributed by atoms with Crippen molar-refractivity contribution in [3.63, 3.8) is 0 Å². The Balaban J connectivity index is 0.00000109. The van der Waals surface area contributed by atoms with Gasteiger partial charge in [0.15, 0.2) is 0 Å². The highest BCUT2D eigenvalue weighted by Crippen LogP contribution is 2.88. The lowest BCUT2D eigenvalue weighted by atomic mass is 9.73. The summed E-state index contributed by atoms with van der Waals surface area (Å²) < 4.78 is 0. The Morgan fingerprint density at radius 3 is 1.92 bits per heavy atom. The highest BCUT2D eigenvalue weighted by Gasteiger charge is 2.85. The first-order valence-electron chi connectivity index (χ1n) is 24.6. The van der Waals surface area contributed by atoms with Crippen LogP contribution in [0.2, 0.25) is 0 Å². The molecule has 2 spiro atoms. The first kappa shape index (κ1) is 49.6. The molecule has 0 bridgehead atoms. The van der Waals surface area contributed by atoms with E-state index < -0.39 is 29.1 Å². The molecule has 4 N–H and O–H groups in total. The van der Waals surface area contributed by atoms with E-state index in [9.17, 15) is 9.59 Å². The van der Waals surface area contributed by atoms with Crippen LogP contribution < -0.4 is 21.4 Å². The summed E-state index contributed by atoms with van der Waals surface area (Å²) in [4.78, 5) is 54.6. The van der Waals surface area contributed by atoms with Gasteiger partial charge in [-0.2, -0.15) is 0 Å². The summed E-state index contributed by atoms with van der Waals surface area (Å²) in [6.45, 7) is 35.2. The molecular formula is C51H90N6O4. The Bertz CT molecular complexity index is 1560. The Labute approximate surface area is 372 Å². The minimum atomic E-state index is -0.809. The molecule has 0 aromatic heterocycles. The fourth-order valence-corrected chi connectivity index (χ4v) is 12.5. The third-order valence-corrected chi connectivity index (χ3v) is 17.8. The zero-order chi connectivity index (χ0) is 45.2. The average Bonchev–Trinajstić information content (AvgIpc) is 3.93. The van der Waals surface area contributed by atoms with Crippen molar-refractivity contribution in [3.8, 4) is 0 Å². The molecule has 61 heavy (non-hydrogen) atoms. The molecule has 348 valence electrons. The van der Waals surface area contributed by atoms with Crippen molar-refractivity contribution in [1.29, 1.82) is 0 Å². The van der Waals surface area contributed by atoms with Gasteiger partial charge in [-0.25, -0.2) is 0 Å². The number of hydrogen-bond acceptors (Lipinski definition) is 7. The summed E-state index contributed by atoms with van der Waals surface area (Å²) in [6, 6.07) is -1.91. The normalized spacial score (nSPS) is 29.4. The lowest BCUT2D eigenvalue weighted by Crippen LogP contribution is -2.70. The molecule has 0 radical (unpaired) electrons.